The van der Waals surface area contributed by atoms with E-state index in [0.29, 0.717) is 29.2 Å². The molecule has 0 aliphatic heterocycles. The topological polar surface area (TPSA) is 88.5 Å². The highest BCUT2D eigenvalue weighted by Gasteiger charge is 2.51. The number of nitrogens with one attached hydrogen (secondary N) is 1. The minimum Gasteiger partial charge on any atom is -0.481 e. The molecule has 1 unspecified atom stereocenters. The van der Waals surface area contributed by atoms with Crippen molar-refractivity contribution >= 4 is 29.4 Å². The van der Waals surface area contributed by atoms with Crippen LogP contribution in [0, 0.1) is 0 Å². The minimum absolute atomic E-state index is 0.523. The van der Waals surface area contributed by atoms with Crippen molar-refractivity contribution in [2.45, 2.75) is 31.3 Å². The number of nitrogens with zero attached hydrogens (tertiary/aromatic N) is 1. The molecular formula is C30H25ClN2O4. The van der Waals surface area contributed by atoms with Gasteiger partial charge in [-0.05, 0) is 54.7 Å². The first-order valence-electron chi connectivity index (χ1n) is 12.0. The Labute approximate surface area is 219 Å². The first kappa shape index (κ1) is 24.5. The fourth-order valence-corrected chi connectivity index (χ4v) is 4.75. The SMILES string of the molecule is CC(OC(=O)Nc1cccnc1-c1ccc(-c2ccc(C3(C(=O)O)CC3)cc2)cc1)c1ccccc1Cl. The van der Waals surface area contributed by atoms with Gasteiger partial charge in [-0.2, -0.15) is 0 Å². The number of ether oxygens (including phenoxy) is 1. The average Bonchev–Trinajstić information content (AvgIpc) is 3.72. The smallest absolute Gasteiger partial charge is 0.412 e. The molecule has 0 radical (unpaired) electrons. The summed E-state index contributed by atoms with van der Waals surface area (Å²) in [5.74, 6) is -0.758. The van der Waals surface area contributed by atoms with Crippen molar-refractivity contribution in [2.75, 3.05) is 5.32 Å². The molecule has 3 aromatic carbocycles. The van der Waals surface area contributed by atoms with Crippen LogP contribution in [0.1, 0.15) is 37.0 Å². The molecule has 0 spiro atoms. The summed E-state index contributed by atoms with van der Waals surface area (Å²) < 4.78 is 5.54. The van der Waals surface area contributed by atoms with Crippen molar-refractivity contribution in [3.8, 4) is 22.4 Å². The van der Waals surface area contributed by atoms with Crippen molar-refractivity contribution in [1.82, 2.24) is 4.98 Å². The van der Waals surface area contributed by atoms with E-state index in [9.17, 15) is 14.7 Å². The monoisotopic (exact) mass is 512 g/mol. The van der Waals surface area contributed by atoms with Gasteiger partial charge in [-0.1, -0.05) is 78.3 Å². The van der Waals surface area contributed by atoms with Gasteiger partial charge in [-0.15, -0.1) is 0 Å². The normalized spacial score (nSPS) is 14.4. The Balaban J connectivity index is 1.30. The zero-order chi connectivity index (χ0) is 26.0. The van der Waals surface area contributed by atoms with Crippen LogP contribution >= 0.6 is 11.6 Å². The van der Waals surface area contributed by atoms with Gasteiger partial charge in [0.25, 0.3) is 0 Å². The number of rotatable bonds is 7. The van der Waals surface area contributed by atoms with E-state index in [1.165, 1.54) is 0 Å². The molecule has 7 heteroatoms. The molecule has 1 fully saturated rings. The lowest BCUT2D eigenvalue weighted by atomic mass is 9.93. The van der Waals surface area contributed by atoms with Gasteiger partial charge < -0.3 is 9.84 Å². The van der Waals surface area contributed by atoms with Crippen LogP contribution < -0.4 is 5.32 Å². The van der Waals surface area contributed by atoms with E-state index in [0.717, 1.165) is 27.8 Å². The summed E-state index contributed by atoms with van der Waals surface area (Å²) in [5.41, 5.74) is 4.82. The third-order valence-electron chi connectivity index (χ3n) is 6.76. The number of hydrogen-bond acceptors (Lipinski definition) is 4. The number of benzene rings is 3. The summed E-state index contributed by atoms with van der Waals surface area (Å²) in [7, 11) is 0. The molecule has 0 saturated heterocycles. The van der Waals surface area contributed by atoms with E-state index in [1.807, 2.05) is 66.7 Å². The Morgan fingerprint density at radius 3 is 2.16 bits per heavy atom. The van der Waals surface area contributed by atoms with Crippen LogP contribution in [0.2, 0.25) is 5.02 Å². The number of halogens is 1. The molecule has 37 heavy (non-hydrogen) atoms. The van der Waals surface area contributed by atoms with E-state index >= 15 is 0 Å². The van der Waals surface area contributed by atoms with E-state index in [1.54, 1.807) is 31.3 Å². The maximum absolute atomic E-state index is 12.6. The quantitative estimate of drug-likeness (QED) is 0.268. The van der Waals surface area contributed by atoms with Crippen LogP contribution in [-0.2, 0) is 14.9 Å². The summed E-state index contributed by atoms with van der Waals surface area (Å²) >= 11 is 6.22. The first-order chi connectivity index (χ1) is 17.9. The molecule has 1 aromatic heterocycles. The Bertz CT molecular complexity index is 1450. The summed E-state index contributed by atoms with van der Waals surface area (Å²) in [6.45, 7) is 1.77. The third kappa shape index (κ3) is 5.06. The lowest BCUT2D eigenvalue weighted by Gasteiger charge is -2.16. The second-order valence-electron chi connectivity index (χ2n) is 9.14. The van der Waals surface area contributed by atoms with Crippen molar-refractivity contribution in [2.24, 2.45) is 0 Å². The molecule has 0 bridgehead atoms. The minimum atomic E-state index is -0.758. The van der Waals surface area contributed by atoms with E-state index < -0.39 is 23.6 Å². The van der Waals surface area contributed by atoms with Crippen LogP contribution in [0.15, 0.2) is 91.1 Å². The van der Waals surface area contributed by atoms with E-state index in [4.69, 9.17) is 16.3 Å². The highest BCUT2D eigenvalue weighted by atomic mass is 35.5. The molecule has 1 aliphatic carbocycles. The molecule has 6 nitrogen and oxygen atoms in total. The van der Waals surface area contributed by atoms with Gasteiger partial charge in [0.1, 0.15) is 6.10 Å². The Hall–Kier alpha value is -4.16. The van der Waals surface area contributed by atoms with Gasteiger partial charge in [0.2, 0.25) is 0 Å². The fraction of sp³-hybridized carbons (Fsp3) is 0.167. The first-order valence-corrected chi connectivity index (χ1v) is 12.4. The lowest BCUT2D eigenvalue weighted by Crippen LogP contribution is -2.19. The lowest BCUT2D eigenvalue weighted by molar-refractivity contribution is -0.140. The molecule has 4 aromatic rings. The van der Waals surface area contributed by atoms with Crippen LogP contribution in [-0.4, -0.2) is 22.2 Å². The third-order valence-corrected chi connectivity index (χ3v) is 7.10. The second kappa shape index (κ2) is 10.1. The number of carbonyl (C=O) groups excluding carboxylic acids is 1. The molecule has 5 rings (SSSR count). The molecule has 2 N–H and O–H groups in total. The molecule has 1 aliphatic rings. The number of carboxylic acid groups (broad SMARTS) is 1. The Morgan fingerprint density at radius 2 is 1.54 bits per heavy atom. The number of pyridine rings is 1. The predicted molar refractivity (Wildman–Crippen MR) is 144 cm³/mol. The summed E-state index contributed by atoms with van der Waals surface area (Å²) in [4.78, 5) is 28.7. The summed E-state index contributed by atoms with van der Waals surface area (Å²) in [6, 6.07) is 26.3. The highest BCUT2D eigenvalue weighted by molar-refractivity contribution is 6.31. The number of hydrogen-bond donors (Lipinski definition) is 2. The molecular weight excluding hydrogens is 488 g/mol. The largest absolute Gasteiger partial charge is 0.481 e. The number of aromatic nitrogens is 1. The van der Waals surface area contributed by atoms with E-state index in [2.05, 4.69) is 10.3 Å². The fourth-order valence-electron chi connectivity index (χ4n) is 4.46. The Morgan fingerprint density at radius 1 is 0.919 bits per heavy atom. The Kier molecular flexibility index (Phi) is 6.68. The van der Waals surface area contributed by atoms with Crippen LogP contribution in [0.5, 0.6) is 0 Å². The zero-order valence-corrected chi connectivity index (χ0v) is 20.9. The standard InChI is InChI=1S/C30H25ClN2O4/c1-19(24-5-2-3-6-25(24)31)37-29(36)33-26-7-4-18-32-27(26)22-10-8-20(9-11-22)21-12-14-23(15-13-21)30(16-17-30)28(34)35/h2-15,18-19H,16-17H2,1H3,(H,33,36)(H,34,35). The number of amides is 1. The summed E-state index contributed by atoms with van der Waals surface area (Å²) in [6.07, 6.45) is 1.91. The molecule has 1 atom stereocenters. The predicted octanol–water partition coefficient (Wildman–Crippen LogP) is 7.49. The zero-order valence-electron chi connectivity index (χ0n) is 20.1. The number of aliphatic carboxylic acids is 1. The second-order valence-corrected chi connectivity index (χ2v) is 9.54. The maximum atomic E-state index is 12.6. The molecule has 186 valence electrons. The summed E-state index contributed by atoms with van der Waals surface area (Å²) in [5, 5.41) is 12.9. The average molecular weight is 513 g/mol. The van der Waals surface area contributed by atoms with Crippen molar-refractivity contribution < 1.29 is 19.4 Å². The number of anilines is 1. The van der Waals surface area contributed by atoms with Crippen LogP contribution in [0.4, 0.5) is 10.5 Å². The maximum Gasteiger partial charge on any atom is 0.412 e. The number of carboxylic acids is 1. The van der Waals surface area contributed by atoms with Crippen molar-refractivity contribution in [1.29, 1.82) is 0 Å². The highest BCUT2D eigenvalue weighted by Crippen LogP contribution is 2.48. The van der Waals surface area contributed by atoms with Crippen LogP contribution in [0.3, 0.4) is 0 Å². The number of carbonyl (C=O) groups is 2. The van der Waals surface area contributed by atoms with Gasteiger partial charge in [0.05, 0.1) is 16.8 Å². The van der Waals surface area contributed by atoms with Gasteiger partial charge in [0.15, 0.2) is 0 Å². The van der Waals surface area contributed by atoms with Crippen LogP contribution in [0.25, 0.3) is 22.4 Å². The van der Waals surface area contributed by atoms with Gasteiger partial charge >= 0.3 is 12.1 Å². The van der Waals surface area contributed by atoms with Gasteiger partial charge in [-0.3, -0.25) is 15.1 Å². The molecule has 1 saturated carbocycles. The van der Waals surface area contributed by atoms with E-state index in [-0.39, 0.29) is 0 Å². The molecule has 1 heterocycles. The van der Waals surface area contributed by atoms with Crippen molar-refractivity contribution in [3.05, 3.63) is 107 Å². The van der Waals surface area contributed by atoms with Gasteiger partial charge in [-0.25, -0.2) is 4.79 Å². The van der Waals surface area contributed by atoms with Crippen molar-refractivity contribution in [3.63, 3.8) is 0 Å². The molecule has 1 amide bonds. The van der Waals surface area contributed by atoms with Gasteiger partial charge in [0, 0.05) is 22.3 Å².